The third kappa shape index (κ3) is 4.59. The summed E-state index contributed by atoms with van der Waals surface area (Å²) >= 11 is 1.45. The summed E-state index contributed by atoms with van der Waals surface area (Å²) in [6.07, 6.45) is 2.10. The molecule has 1 saturated heterocycles. The van der Waals surface area contributed by atoms with E-state index in [2.05, 4.69) is 10.2 Å². The molecule has 0 bridgehead atoms. The van der Waals surface area contributed by atoms with Gasteiger partial charge in [0.15, 0.2) is 11.0 Å². The molecule has 0 saturated carbocycles. The molecular weight excluding hydrogens is 396 g/mol. The minimum atomic E-state index is -0.311. The molecule has 1 aliphatic rings. The maximum atomic E-state index is 13.7. The average Bonchev–Trinajstić information content (AvgIpc) is 3.38. The molecule has 0 aliphatic carbocycles. The molecule has 1 aliphatic heterocycles. The molecule has 0 N–H and O–H groups in total. The molecule has 8 heteroatoms. The van der Waals surface area contributed by atoms with E-state index in [-0.39, 0.29) is 17.7 Å². The van der Waals surface area contributed by atoms with E-state index < -0.39 is 0 Å². The fraction of sp³-hybridized carbons (Fsp3) is 0.333. The van der Waals surface area contributed by atoms with Gasteiger partial charge in [-0.1, -0.05) is 11.8 Å². The second kappa shape index (κ2) is 8.92. The molecule has 5 nitrogen and oxygen atoms in total. The minimum Gasteiger partial charge on any atom is -0.496 e. The van der Waals surface area contributed by atoms with E-state index >= 15 is 0 Å². The number of hydrogen-bond donors (Lipinski definition) is 0. The summed E-state index contributed by atoms with van der Waals surface area (Å²) in [5.41, 5.74) is 1.53. The molecular formula is C21H21F2N3O2S. The van der Waals surface area contributed by atoms with Crippen LogP contribution in [0.1, 0.15) is 18.4 Å². The maximum Gasteiger partial charge on any atom is 0.191 e. The molecule has 1 fully saturated rings. The van der Waals surface area contributed by atoms with Crippen LogP contribution >= 0.6 is 11.8 Å². The summed E-state index contributed by atoms with van der Waals surface area (Å²) in [6, 6.07) is 10.7. The standard InChI is InChI=1S/C21H21F2N3O2S/c1-27-19-9-8-17(23)11-15(19)13-29-21-25-24-20(14-4-6-16(22)7-5-14)26(21)12-18-3-2-10-28-18/h4-9,11,18H,2-3,10,12-13H2,1H3. The number of aromatic nitrogens is 3. The second-order valence-electron chi connectivity index (χ2n) is 6.80. The topological polar surface area (TPSA) is 49.2 Å². The third-order valence-corrected chi connectivity index (χ3v) is 5.84. The number of methoxy groups -OCH3 is 1. The summed E-state index contributed by atoms with van der Waals surface area (Å²) in [4.78, 5) is 0. The molecule has 0 spiro atoms. The van der Waals surface area contributed by atoms with Gasteiger partial charge in [-0.2, -0.15) is 0 Å². The molecule has 152 valence electrons. The Kier molecular flexibility index (Phi) is 6.10. The molecule has 2 aromatic carbocycles. The highest BCUT2D eigenvalue weighted by atomic mass is 32.2. The fourth-order valence-corrected chi connectivity index (χ4v) is 4.29. The van der Waals surface area contributed by atoms with E-state index in [0.29, 0.717) is 29.0 Å². The zero-order valence-electron chi connectivity index (χ0n) is 16.0. The number of thioether (sulfide) groups is 1. The number of hydrogen-bond acceptors (Lipinski definition) is 5. The summed E-state index contributed by atoms with van der Waals surface area (Å²) in [5, 5.41) is 9.38. The van der Waals surface area contributed by atoms with Crippen molar-refractivity contribution in [1.82, 2.24) is 14.8 Å². The normalized spacial score (nSPS) is 16.3. The van der Waals surface area contributed by atoms with Crippen LogP contribution in [0.3, 0.4) is 0 Å². The van der Waals surface area contributed by atoms with Crippen molar-refractivity contribution >= 4 is 11.8 Å². The van der Waals surface area contributed by atoms with Crippen LogP contribution in [0.4, 0.5) is 8.78 Å². The summed E-state index contributed by atoms with van der Waals surface area (Å²) < 4.78 is 40.1. The Morgan fingerprint density at radius 2 is 1.93 bits per heavy atom. The van der Waals surface area contributed by atoms with Crippen LogP contribution in [0, 0.1) is 11.6 Å². The quantitative estimate of drug-likeness (QED) is 0.522. The summed E-state index contributed by atoms with van der Waals surface area (Å²) in [5.74, 6) is 1.16. The highest BCUT2D eigenvalue weighted by Crippen LogP contribution is 2.31. The highest BCUT2D eigenvalue weighted by molar-refractivity contribution is 7.98. The zero-order chi connectivity index (χ0) is 20.2. The molecule has 3 aromatic rings. The van der Waals surface area contributed by atoms with Crippen molar-refractivity contribution in [2.45, 2.75) is 36.4 Å². The van der Waals surface area contributed by atoms with Crippen molar-refractivity contribution in [3.63, 3.8) is 0 Å². The third-order valence-electron chi connectivity index (χ3n) is 4.83. The number of nitrogens with zero attached hydrogens (tertiary/aromatic N) is 3. The van der Waals surface area contributed by atoms with E-state index in [1.165, 1.54) is 36.0 Å². The van der Waals surface area contributed by atoms with Crippen molar-refractivity contribution < 1.29 is 18.3 Å². The molecule has 1 aromatic heterocycles. The van der Waals surface area contributed by atoms with Gasteiger partial charge in [0.05, 0.1) is 19.8 Å². The lowest BCUT2D eigenvalue weighted by Crippen LogP contribution is -2.16. The average molecular weight is 417 g/mol. The number of benzene rings is 2. The van der Waals surface area contributed by atoms with Crippen LogP contribution in [0.5, 0.6) is 5.75 Å². The van der Waals surface area contributed by atoms with Crippen molar-refractivity contribution in [1.29, 1.82) is 0 Å². The van der Waals surface area contributed by atoms with Gasteiger partial charge in [0, 0.05) is 23.5 Å². The van der Waals surface area contributed by atoms with Gasteiger partial charge in [0.2, 0.25) is 0 Å². The van der Waals surface area contributed by atoms with Crippen molar-refractivity contribution in [3.8, 4) is 17.1 Å². The van der Waals surface area contributed by atoms with Gasteiger partial charge in [-0.25, -0.2) is 8.78 Å². The van der Waals surface area contributed by atoms with E-state index in [1.807, 2.05) is 4.57 Å². The second-order valence-corrected chi connectivity index (χ2v) is 7.75. The monoisotopic (exact) mass is 417 g/mol. The first-order valence-electron chi connectivity index (χ1n) is 9.40. The molecule has 1 unspecified atom stereocenters. The van der Waals surface area contributed by atoms with Gasteiger partial charge in [-0.15, -0.1) is 10.2 Å². The molecule has 0 amide bonds. The van der Waals surface area contributed by atoms with Gasteiger partial charge in [-0.05, 0) is 55.3 Å². The lowest BCUT2D eigenvalue weighted by Gasteiger charge is -2.15. The Morgan fingerprint density at radius 3 is 2.66 bits per heavy atom. The highest BCUT2D eigenvalue weighted by Gasteiger charge is 2.22. The molecule has 29 heavy (non-hydrogen) atoms. The molecule has 0 radical (unpaired) electrons. The Hall–Kier alpha value is -2.45. The summed E-state index contributed by atoms with van der Waals surface area (Å²) in [7, 11) is 1.56. The lowest BCUT2D eigenvalue weighted by molar-refractivity contribution is 0.0953. The Morgan fingerprint density at radius 1 is 1.14 bits per heavy atom. The molecule has 1 atom stereocenters. The van der Waals surface area contributed by atoms with Crippen LogP contribution in [0.2, 0.25) is 0 Å². The van der Waals surface area contributed by atoms with Gasteiger partial charge >= 0.3 is 0 Å². The predicted octanol–water partition coefficient (Wildman–Crippen LogP) is 4.70. The zero-order valence-corrected chi connectivity index (χ0v) is 16.8. The largest absolute Gasteiger partial charge is 0.496 e. The van der Waals surface area contributed by atoms with Crippen LogP contribution < -0.4 is 4.74 Å². The number of rotatable bonds is 7. The van der Waals surface area contributed by atoms with Gasteiger partial charge < -0.3 is 9.47 Å². The van der Waals surface area contributed by atoms with Crippen LogP contribution in [-0.4, -0.2) is 34.6 Å². The van der Waals surface area contributed by atoms with Crippen molar-refractivity contribution in [2.75, 3.05) is 13.7 Å². The fourth-order valence-electron chi connectivity index (χ4n) is 3.37. The molecule has 4 rings (SSSR count). The van der Waals surface area contributed by atoms with E-state index in [4.69, 9.17) is 9.47 Å². The first-order chi connectivity index (χ1) is 14.1. The minimum absolute atomic E-state index is 0.0910. The first-order valence-corrected chi connectivity index (χ1v) is 10.4. The Labute approximate surface area is 172 Å². The number of halogens is 2. The van der Waals surface area contributed by atoms with E-state index in [0.717, 1.165) is 30.6 Å². The van der Waals surface area contributed by atoms with Crippen LogP contribution in [0.15, 0.2) is 47.6 Å². The van der Waals surface area contributed by atoms with Gasteiger partial charge in [0.25, 0.3) is 0 Å². The molecule has 2 heterocycles. The lowest BCUT2D eigenvalue weighted by atomic mass is 10.2. The first kappa shape index (κ1) is 19.8. The Bertz CT molecular complexity index is 973. The van der Waals surface area contributed by atoms with Crippen molar-refractivity contribution in [3.05, 3.63) is 59.7 Å². The van der Waals surface area contributed by atoms with E-state index in [1.54, 1.807) is 25.3 Å². The predicted molar refractivity (Wildman–Crippen MR) is 107 cm³/mol. The SMILES string of the molecule is COc1ccc(F)cc1CSc1nnc(-c2ccc(F)cc2)n1CC1CCCO1. The van der Waals surface area contributed by atoms with Crippen LogP contribution in [-0.2, 0) is 17.0 Å². The Balaban J connectivity index is 1.62. The van der Waals surface area contributed by atoms with Gasteiger partial charge in [0.1, 0.15) is 17.4 Å². The van der Waals surface area contributed by atoms with E-state index in [9.17, 15) is 8.78 Å². The summed E-state index contributed by atoms with van der Waals surface area (Å²) in [6.45, 7) is 1.37. The smallest absolute Gasteiger partial charge is 0.191 e. The van der Waals surface area contributed by atoms with Crippen LogP contribution in [0.25, 0.3) is 11.4 Å². The maximum absolute atomic E-state index is 13.7. The number of ether oxygens (including phenoxy) is 2. The van der Waals surface area contributed by atoms with Gasteiger partial charge in [-0.3, -0.25) is 4.57 Å². The van der Waals surface area contributed by atoms with Crippen molar-refractivity contribution in [2.24, 2.45) is 0 Å².